The molecule has 1 aliphatic heterocycles. The van der Waals surface area contributed by atoms with Gasteiger partial charge in [-0.3, -0.25) is 14.5 Å². The molecule has 3 aromatic carbocycles. The van der Waals surface area contributed by atoms with Crippen LogP contribution >= 0.6 is 0 Å². The van der Waals surface area contributed by atoms with Crippen LogP contribution in [0.4, 0.5) is 17.1 Å². The van der Waals surface area contributed by atoms with Crippen LogP contribution in [0, 0.1) is 0 Å². The molecule has 37 heavy (non-hydrogen) atoms. The Morgan fingerprint density at radius 1 is 0.757 bits per heavy atom. The smallest absolute Gasteiger partial charge is 0.255 e. The van der Waals surface area contributed by atoms with Crippen molar-refractivity contribution in [2.24, 2.45) is 21.5 Å². The number of nitrogens with two attached hydrogens (primary N) is 2. The van der Waals surface area contributed by atoms with Crippen molar-refractivity contribution in [3.8, 4) is 0 Å². The molecule has 3 aromatic rings. The van der Waals surface area contributed by atoms with E-state index in [0.717, 1.165) is 32.1 Å². The summed E-state index contributed by atoms with van der Waals surface area (Å²) in [6.45, 7) is 0. The van der Waals surface area contributed by atoms with Crippen molar-refractivity contribution < 1.29 is 9.59 Å². The molecule has 188 valence electrons. The van der Waals surface area contributed by atoms with Crippen LogP contribution in [-0.4, -0.2) is 29.4 Å². The van der Waals surface area contributed by atoms with Gasteiger partial charge in [0.15, 0.2) is 0 Å². The number of hydrogen-bond acceptors (Lipinski definition) is 7. The number of nitrogens with zero attached hydrogens (tertiary/aromatic N) is 3. The zero-order valence-corrected chi connectivity index (χ0v) is 20.4. The number of aliphatic imine (C=N–C) groups is 2. The molecule has 0 aromatic heterocycles. The van der Waals surface area contributed by atoms with E-state index in [-0.39, 0.29) is 23.7 Å². The van der Waals surface area contributed by atoms with E-state index in [1.54, 1.807) is 42.5 Å². The number of anilines is 3. The summed E-state index contributed by atoms with van der Waals surface area (Å²) in [7, 11) is 0. The van der Waals surface area contributed by atoms with Gasteiger partial charge in [-0.15, -0.1) is 0 Å². The van der Waals surface area contributed by atoms with E-state index in [2.05, 4.69) is 15.6 Å². The van der Waals surface area contributed by atoms with Crippen molar-refractivity contribution in [3.05, 3.63) is 90.0 Å². The molecule has 0 unspecified atom stereocenters. The molecule has 9 heteroatoms. The second-order valence-corrected chi connectivity index (χ2v) is 9.23. The number of hydrogen-bond donors (Lipinski definition) is 4. The molecule has 9 nitrogen and oxygen atoms in total. The largest absolute Gasteiger partial charge is 0.369 e. The zero-order valence-electron chi connectivity index (χ0n) is 20.4. The normalized spacial score (nSPS) is 16.5. The highest BCUT2D eigenvalue weighted by Gasteiger charge is 2.43. The van der Waals surface area contributed by atoms with E-state index in [1.807, 2.05) is 41.3 Å². The van der Waals surface area contributed by atoms with Gasteiger partial charge in [0.25, 0.3) is 11.8 Å². The molecule has 0 bridgehead atoms. The summed E-state index contributed by atoms with van der Waals surface area (Å²) in [6.07, 6.45) is 4.46. The van der Waals surface area contributed by atoms with Crippen LogP contribution in [0.5, 0.6) is 0 Å². The third-order valence-corrected chi connectivity index (χ3v) is 6.62. The van der Waals surface area contributed by atoms with Crippen molar-refractivity contribution in [1.29, 1.82) is 0 Å². The fraction of sp³-hybridized carbons (Fsp3) is 0.214. The molecule has 1 saturated carbocycles. The maximum absolute atomic E-state index is 13.3. The van der Waals surface area contributed by atoms with Gasteiger partial charge in [0.05, 0.1) is 0 Å². The third kappa shape index (κ3) is 5.16. The number of benzene rings is 3. The SMILES string of the molecule is NC1=NC2(CCCCC2)N(c2cc(C(=O)Nc3ccccc3)cc(C(=O)Nc3ccccc3)c2)C(N)=N1. The lowest BCUT2D eigenvalue weighted by molar-refractivity contribution is 0.102. The molecule has 6 N–H and O–H groups in total. The van der Waals surface area contributed by atoms with Gasteiger partial charge in [-0.1, -0.05) is 42.8 Å². The van der Waals surface area contributed by atoms with Crippen LogP contribution in [-0.2, 0) is 0 Å². The van der Waals surface area contributed by atoms with Crippen LogP contribution in [0.25, 0.3) is 0 Å². The second-order valence-electron chi connectivity index (χ2n) is 9.23. The Bertz CT molecular complexity index is 1290. The Balaban J connectivity index is 1.57. The van der Waals surface area contributed by atoms with E-state index >= 15 is 0 Å². The van der Waals surface area contributed by atoms with Crippen LogP contribution < -0.4 is 27.0 Å². The highest BCUT2D eigenvalue weighted by Crippen LogP contribution is 2.40. The summed E-state index contributed by atoms with van der Waals surface area (Å²) >= 11 is 0. The Labute approximate surface area is 215 Å². The standard InChI is InChI=1S/C28H29N7O2/c29-26-33-27(30)35(28(34-26)14-8-3-9-15-28)23-17-19(24(36)31-21-10-4-1-5-11-21)16-20(18-23)25(37)32-22-12-6-2-7-13-22/h1-2,4-7,10-13,16-18H,3,8-9,14-15H2,(H,31,36)(H,32,37)(H4,29,30,33,34). The van der Waals surface area contributed by atoms with Crippen LogP contribution in [0.3, 0.4) is 0 Å². The van der Waals surface area contributed by atoms with Crippen molar-refractivity contribution in [1.82, 2.24) is 0 Å². The molecule has 1 aliphatic carbocycles. The molecule has 1 heterocycles. The number of guanidine groups is 2. The second kappa shape index (κ2) is 10.1. The summed E-state index contributed by atoms with van der Waals surface area (Å²) in [5.41, 5.74) is 14.2. The number of nitrogens with one attached hydrogen (secondary N) is 2. The van der Waals surface area contributed by atoms with Gasteiger partial charge in [-0.25, -0.2) is 4.99 Å². The van der Waals surface area contributed by atoms with Crippen LogP contribution in [0.2, 0.25) is 0 Å². The van der Waals surface area contributed by atoms with E-state index in [0.29, 0.717) is 28.2 Å². The van der Waals surface area contributed by atoms with Crippen molar-refractivity contribution in [2.45, 2.75) is 37.8 Å². The van der Waals surface area contributed by atoms with Gasteiger partial charge >= 0.3 is 0 Å². The van der Waals surface area contributed by atoms with E-state index in [4.69, 9.17) is 16.5 Å². The average Bonchev–Trinajstić information content (AvgIpc) is 2.89. The zero-order chi connectivity index (χ0) is 25.8. The molecule has 2 amide bonds. The summed E-state index contributed by atoms with van der Waals surface area (Å²) in [4.78, 5) is 37.4. The molecular formula is C28H29N7O2. The third-order valence-electron chi connectivity index (χ3n) is 6.62. The highest BCUT2D eigenvalue weighted by molar-refractivity contribution is 6.12. The van der Waals surface area contributed by atoms with E-state index < -0.39 is 5.66 Å². The van der Waals surface area contributed by atoms with E-state index in [9.17, 15) is 9.59 Å². The number of rotatable bonds is 5. The summed E-state index contributed by atoms with van der Waals surface area (Å²) < 4.78 is 0. The van der Waals surface area contributed by atoms with Crippen molar-refractivity contribution in [2.75, 3.05) is 15.5 Å². The van der Waals surface area contributed by atoms with Gasteiger partial charge in [0.1, 0.15) is 5.66 Å². The van der Waals surface area contributed by atoms with Gasteiger partial charge in [0, 0.05) is 28.2 Å². The minimum atomic E-state index is -0.712. The topological polar surface area (TPSA) is 138 Å². The summed E-state index contributed by atoms with van der Waals surface area (Å²) in [5, 5.41) is 5.79. The predicted octanol–water partition coefficient (Wildman–Crippen LogP) is 4.30. The van der Waals surface area contributed by atoms with Gasteiger partial charge in [-0.2, -0.15) is 4.99 Å². The maximum Gasteiger partial charge on any atom is 0.255 e. The predicted molar refractivity (Wildman–Crippen MR) is 147 cm³/mol. The molecule has 5 rings (SSSR count). The number of para-hydroxylation sites is 2. The summed E-state index contributed by atoms with van der Waals surface area (Å²) in [6, 6.07) is 23.3. The molecule has 2 aliphatic rings. The first-order chi connectivity index (χ1) is 17.9. The van der Waals surface area contributed by atoms with E-state index in [1.165, 1.54) is 0 Å². The van der Waals surface area contributed by atoms with Crippen molar-refractivity contribution >= 4 is 40.8 Å². The first kappa shape index (κ1) is 24.1. The van der Waals surface area contributed by atoms with Gasteiger partial charge in [0.2, 0.25) is 11.9 Å². The Morgan fingerprint density at radius 2 is 1.27 bits per heavy atom. The lowest BCUT2D eigenvalue weighted by Crippen LogP contribution is -2.58. The highest BCUT2D eigenvalue weighted by atomic mass is 16.2. The first-order valence-corrected chi connectivity index (χ1v) is 12.3. The fourth-order valence-corrected chi connectivity index (χ4v) is 4.95. The van der Waals surface area contributed by atoms with Crippen molar-refractivity contribution in [3.63, 3.8) is 0 Å². The minimum Gasteiger partial charge on any atom is -0.369 e. The number of amides is 2. The molecule has 1 spiro atoms. The molecule has 0 radical (unpaired) electrons. The molecule has 0 saturated heterocycles. The summed E-state index contributed by atoms with van der Waals surface area (Å²) in [5.74, 6) is -0.384. The monoisotopic (exact) mass is 495 g/mol. The number of carbonyl (C=O) groups is 2. The lowest BCUT2D eigenvalue weighted by Gasteiger charge is -2.45. The van der Waals surface area contributed by atoms with Gasteiger partial charge < -0.3 is 22.1 Å². The molecular weight excluding hydrogens is 466 g/mol. The first-order valence-electron chi connectivity index (χ1n) is 12.3. The minimum absolute atomic E-state index is 0.135. The fourth-order valence-electron chi connectivity index (χ4n) is 4.95. The Kier molecular flexibility index (Phi) is 6.59. The lowest BCUT2D eigenvalue weighted by atomic mass is 9.87. The van der Waals surface area contributed by atoms with Crippen LogP contribution in [0.15, 0.2) is 88.8 Å². The maximum atomic E-state index is 13.3. The van der Waals surface area contributed by atoms with Gasteiger partial charge in [-0.05, 0) is 68.1 Å². The average molecular weight is 496 g/mol. The van der Waals surface area contributed by atoms with Crippen LogP contribution in [0.1, 0.15) is 52.8 Å². The Hall–Kier alpha value is -4.66. The Morgan fingerprint density at radius 3 is 1.78 bits per heavy atom. The molecule has 1 fully saturated rings. The molecule has 0 atom stereocenters. The quantitative estimate of drug-likeness (QED) is 0.418. The number of carbonyl (C=O) groups excluding carboxylic acids is 2.